The monoisotopic (exact) mass is 236 g/mol. The zero-order valence-electron chi connectivity index (χ0n) is 9.06. The molecular formula is C12H12O3S. The molecule has 0 amide bonds. The van der Waals surface area contributed by atoms with Crippen LogP contribution >= 0.6 is 0 Å². The van der Waals surface area contributed by atoms with E-state index >= 15 is 0 Å². The first-order valence-corrected chi connectivity index (χ1v) is 6.00. The van der Waals surface area contributed by atoms with Crippen LogP contribution < -0.4 is 4.18 Å². The van der Waals surface area contributed by atoms with E-state index in [1.165, 1.54) is 5.56 Å². The number of thiol groups is 1. The summed E-state index contributed by atoms with van der Waals surface area (Å²) < 4.78 is 25.8. The summed E-state index contributed by atoms with van der Waals surface area (Å²) in [5.41, 5.74) is 2.01. The van der Waals surface area contributed by atoms with Crippen LogP contribution in [-0.2, 0) is 11.0 Å². The maximum atomic E-state index is 10.5. The Bertz CT molecular complexity index is 607. The van der Waals surface area contributed by atoms with Gasteiger partial charge in [0.1, 0.15) is 5.75 Å². The number of aryl methyl sites for hydroxylation is 2. The maximum Gasteiger partial charge on any atom is 0.299 e. The van der Waals surface area contributed by atoms with E-state index in [1.807, 2.05) is 38.1 Å². The van der Waals surface area contributed by atoms with E-state index in [0.717, 1.165) is 16.3 Å². The van der Waals surface area contributed by atoms with Crippen molar-refractivity contribution in [3.05, 3.63) is 41.5 Å². The summed E-state index contributed by atoms with van der Waals surface area (Å²) >= 11 is 0. The third-order valence-electron chi connectivity index (χ3n) is 2.67. The van der Waals surface area contributed by atoms with Crippen molar-refractivity contribution >= 4 is 21.8 Å². The van der Waals surface area contributed by atoms with Gasteiger partial charge in [0.25, 0.3) is 11.0 Å². The minimum atomic E-state index is -2.86. The Hall–Kier alpha value is -1.55. The first kappa shape index (κ1) is 11.0. The molecular weight excluding hydrogens is 224 g/mol. The molecule has 0 aromatic heterocycles. The fourth-order valence-electron chi connectivity index (χ4n) is 1.82. The molecule has 4 heteroatoms. The van der Waals surface area contributed by atoms with Gasteiger partial charge in [0.05, 0.1) is 0 Å². The van der Waals surface area contributed by atoms with Crippen LogP contribution in [0.3, 0.4) is 0 Å². The van der Waals surface area contributed by atoms with Crippen molar-refractivity contribution in [3.8, 4) is 5.75 Å². The van der Waals surface area contributed by atoms with Gasteiger partial charge in [-0.2, -0.15) is 8.42 Å². The topological polar surface area (TPSA) is 43.4 Å². The van der Waals surface area contributed by atoms with Gasteiger partial charge in [-0.15, -0.1) is 0 Å². The second kappa shape index (κ2) is 4.14. The predicted octanol–water partition coefficient (Wildman–Crippen LogP) is 2.36. The molecule has 2 aromatic carbocycles. The van der Waals surface area contributed by atoms with Gasteiger partial charge in [0, 0.05) is 5.56 Å². The van der Waals surface area contributed by atoms with Crippen LogP contribution in [0.15, 0.2) is 30.3 Å². The quantitative estimate of drug-likeness (QED) is 0.814. The van der Waals surface area contributed by atoms with Gasteiger partial charge in [-0.25, -0.2) is 0 Å². The molecule has 0 aliphatic heterocycles. The lowest BCUT2D eigenvalue weighted by Gasteiger charge is -2.08. The second-order valence-electron chi connectivity index (χ2n) is 3.67. The Kier molecular flexibility index (Phi) is 2.83. The molecule has 0 radical (unpaired) electrons. The van der Waals surface area contributed by atoms with Crippen molar-refractivity contribution in [2.75, 3.05) is 0 Å². The fraction of sp³-hybridized carbons (Fsp3) is 0.167. The predicted molar refractivity (Wildman–Crippen MR) is 64.4 cm³/mol. The molecule has 0 fully saturated rings. The van der Waals surface area contributed by atoms with E-state index in [2.05, 4.69) is 0 Å². The molecule has 2 aromatic rings. The maximum absolute atomic E-state index is 10.5. The van der Waals surface area contributed by atoms with E-state index in [4.69, 9.17) is 4.18 Å². The fourth-order valence-corrected chi connectivity index (χ4v) is 2.18. The third kappa shape index (κ3) is 1.88. The lowest BCUT2D eigenvalue weighted by molar-refractivity contribution is 0.509. The lowest BCUT2D eigenvalue weighted by atomic mass is 10.0. The van der Waals surface area contributed by atoms with Crippen molar-refractivity contribution in [2.24, 2.45) is 0 Å². The molecule has 0 saturated heterocycles. The number of hydrogen-bond donors (Lipinski definition) is 1. The van der Waals surface area contributed by atoms with Gasteiger partial charge in [-0.05, 0) is 36.2 Å². The van der Waals surface area contributed by atoms with Crippen molar-refractivity contribution in [1.29, 1.82) is 0 Å². The molecule has 0 heterocycles. The van der Waals surface area contributed by atoms with Gasteiger partial charge in [0.2, 0.25) is 0 Å². The number of hydrogen-bond acceptors (Lipinski definition) is 3. The summed E-state index contributed by atoms with van der Waals surface area (Å²) in [6.07, 6.45) is 0. The smallest absolute Gasteiger partial charge is 0.299 e. The average molecular weight is 236 g/mol. The van der Waals surface area contributed by atoms with Gasteiger partial charge in [-0.1, -0.05) is 24.3 Å². The van der Waals surface area contributed by atoms with E-state index in [1.54, 1.807) is 6.07 Å². The third-order valence-corrected chi connectivity index (χ3v) is 3.02. The van der Waals surface area contributed by atoms with Gasteiger partial charge < -0.3 is 4.18 Å². The van der Waals surface area contributed by atoms with Crippen LogP contribution in [-0.4, -0.2) is 8.42 Å². The lowest BCUT2D eigenvalue weighted by Crippen LogP contribution is -1.93. The first-order valence-electron chi connectivity index (χ1n) is 4.91. The van der Waals surface area contributed by atoms with Crippen LogP contribution in [0.4, 0.5) is 0 Å². The minimum absolute atomic E-state index is 0.397. The Morgan fingerprint density at radius 1 is 1.00 bits per heavy atom. The zero-order valence-corrected chi connectivity index (χ0v) is 9.95. The Balaban J connectivity index is 2.70. The largest absolute Gasteiger partial charge is 0.384 e. The number of fused-ring (bicyclic) bond motifs is 1. The molecule has 16 heavy (non-hydrogen) atoms. The Morgan fingerprint density at radius 2 is 1.75 bits per heavy atom. The minimum Gasteiger partial charge on any atom is -0.384 e. The highest BCUT2D eigenvalue weighted by atomic mass is 32.2. The van der Waals surface area contributed by atoms with Gasteiger partial charge in [-0.3, -0.25) is 0 Å². The normalized spacial score (nSPS) is 10.9. The molecule has 3 nitrogen and oxygen atoms in total. The van der Waals surface area contributed by atoms with Gasteiger partial charge >= 0.3 is 0 Å². The molecule has 0 atom stereocenters. The Labute approximate surface area is 95.8 Å². The molecule has 0 saturated carbocycles. The summed E-state index contributed by atoms with van der Waals surface area (Å²) in [7, 11) is -2.86. The standard InChI is InChI=1S/C12H12O3S/c1-8-4-3-5-11-9(2)12(15-16(13)14)7-6-10(8)11/h3-7,16H,1-2H3. The van der Waals surface area contributed by atoms with Crippen molar-refractivity contribution < 1.29 is 12.6 Å². The van der Waals surface area contributed by atoms with E-state index in [0.29, 0.717) is 5.75 Å². The molecule has 0 unspecified atom stereocenters. The van der Waals surface area contributed by atoms with Crippen LogP contribution in [0.5, 0.6) is 5.75 Å². The zero-order chi connectivity index (χ0) is 11.7. The number of rotatable bonds is 2. The molecule has 2 rings (SSSR count). The van der Waals surface area contributed by atoms with Gasteiger partial charge in [0.15, 0.2) is 0 Å². The van der Waals surface area contributed by atoms with Crippen molar-refractivity contribution in [2.45, 2.75) is 13.8 Å². The summed E-state index contributed by atoms with van der Waals surface area (Å²) in [5, 5.41) is 2.14. The number of benzene rings is 2. The highest BCUT2D eigenvalue weighted by Gasteiger charge is 2.06. The van der Waals surface area contributed by atoms with E-state index in [-0.39, 0.29) is 0 Å². The molecule has 0 bridgehead atoms. The van der Waals surface area contributed by atoms with Crippen molar-refractivity contribution in [3.63, 3.8) is 0 Å². The summed E-state index contributed by atoms with van der Waals surface area (Å²) in [6, 6.07) is 9.51. The van der Waals surface area contributed by atoms with Crippen LogP contribution in [0.25, 0.3) is 10.8 Å². The highest BCUT2D eigenvalue weighted by molar-refractivity contribution is 7.67. The van der Waals surface area contributed by atoms with Crippen LogP contribution in [0.1, 0.15) is 11.1 Å². The summed E-state index contributed by atoms with van der Waals surface area (Å²) in [5.74, 6) is 0.397. The molecule has 0 spiro atoms. The summed E-state index contributed by atoms with van der Waals surface area (Å²) in [4.78, 5) is 0. The van der Waals surface area contributed by atoms with Crippen molar-refractivity contribution in [1.82, 2.24) is 0 Å². The summed E-state index contributed by atoms with van der Waals surface area (Å²) in [6.45, 7) is 3.88. The average Bonchev–Trinajstić information content (AvgIpc) is 2.23. The second-order valence-corrected chi connectivity index (χ2v) is 4.30. The molecule has 84 valence electrons. The molecule has 0 N–H and O–H groups in total. The molecule has 0 aliphatic carbocycles. The molecule has 0 aliphatic rings. The highest BCUT2D eigenvalue weighted by Crippen LogP contribution is 2.28. The van der Waals surface area contributed by atoms with Crippen LogP contribution in [0.2, 0.25) is 0 Å². The van der Waals surface area contributed by atoms with Crippen LogP contribution in [0, 0.1) is 13.8 Å². The Morgan fingerprint density at radius 3 is 2.44 bits per heavy atom. The van der Waals surface area contributed by atoms with E-state index in [9.17, 15) is 8.42 Å². The SMILES string of the molecule is Cc1cccc2c(C)c(O[SH](=O)=O)ccc12. The first-order chi connectivity index (χ1) is 7.59. The van der Waals surface area contributed by atoms with E-state index < -0.39 is 11.0 Å².